The Morgan fingerprint density at radius 1 is 1.28 bits per heavy atom. The van der Waals surface area contributed by atoms with E-state index in [4.69, 9.17) is 5.11 Å². The fourth-order valence-electron chi connectivity index (χ4n) is 2.32. The second-order valence-corrected chi connectivity index (χ2v) is 4.50. The van der Waals surface area contributed by atoms with Gasteiger partial charge in [-0.05, 0) is 37.1 Å². The predicted molar refractivity (Wildman–Crippen MR) is 70.0 cm³/mol. The minimum absolute atomic E-state index is 0.325. The van der Waals surface area contributed by atoms with Gasteiger partial charge in [-0.15, -0.1) is 0 Å². The van der Waals surface area contributed by atoms with Crippen LogP contribution in [0.3, 0.4) is 0 Å². The highest BCUT2D eigenvalue weighted by molar-refractivity contribution is 6.09. The van der Waals surface area contributed by atoms with Crippen LogP contribution in [0, 0.1) is 13.8 Å². The Morgan fingerprint density at radius 2 is 2.06 bits per heavy atom. The van der Waals surface area contributed by atoms with E-state index in [-0.39, 0.29) is 0 Å². The third-order valence-corrected chi connectivity index (χ3v) is 3.25. The van der Waals surface area contributed by atoms with Crippen LogP contribution in [0.2, 0.25) is 0 Å². The smallest absolute Gasteiger partial charge is 0.336 e. The molecule has 4 heteroatoms. The van der Waals surface area contributed by atoms with E-state index in [1.54, 1.807) is 12.3 Å². The lowest BCUT2D eigenvalue weighted by Crippen LogP contribution is -1.99. The normalized spacial score (nSPS) is 11.2. The third kappa shape index (κ3) is 1.39. The molecule has 0 radical (unpaired) electrons. The maximum absolute atomic E-state index is 11.1. The maximum Gasteiger partial charge on any atom is 0.336 e. The first-order valence-electron chi connectivity index (χ1n) is 5.69. The van der Waals surface area contributed by atoms with Gasteiger partial charge in [0, 0.05) is 17.0 Å². The zero-order valence-corrected chi connectivity index (χ0v) is 10.1. The molecule has 18 heavy (non-hydrogen) atoms. The number of nitrogens with zero attached hydrogens (tertiary/aromatic N) is 1. The molecule has 0 fully saturated rings. The molecule has 0 saturated carbocycles. The van der Waals surface area contributed by atoms with Crippen molar-refractivity contribution in [3.63, 3.8) is 0 Å². The van der Waals surface area contributed by atoms with Gasteiger partial charge in [0.15, 0.2) is 0 Å². The molecule has 0 saturated heterocycles. The highest BCUT2D eigenvalue weighted by atomic mass is 16.4. The summed E-state index contributed by atoms with van der Waals surface area (Å²) in [6, 6.07) is 5.54. The lowest BCUT2D eigenvalue weighted by molar-refractivity contribution is 0.0696. The number of rotatable bonds is 1. The molecule has 2 heterocycles. The number of nitrogens with one attached hydrogen (secondary N) is 1. The van der Waals surface area contributed by atoms with Gasteiger partial charge < -0.3 is 10.1 Å². The second kappa shape index (κ2) is 3.57. The van der Waals surface area contributed by atoms with Gasteiger partial charge in [-0.2, -0.15) is 0 Å². The van der Waals surface area contributed by atoms with Crippen molar-refractivity contribution in [2.45, 2.75) is 13.8 Å². The molecular formula is C14H12N2O2. The van der Waals surface area contributed by atoms with Gasteiger partial charge in [0.25, 0.3) is 0 Å². The van der Waals surface area contributed by atoms with Gasteiger partial charge in [0.05, 0.1) is 11.1 Å². The Hall–Kier alpha value is -2.36. The number of carbonyl (C=O) groups is 1. The summed E-state index contributed by atoms with van der Waals surface area (Å²) in [6.45, 7) is 3.80. The Labute approximate surface area is 103 Å². The average Bonchev–Trinajstić information content (AvgIpc) is 2.68. The fourth-order valence-corrected chi connectivity index (χ4v) is 2.32. The van der Waals surface area contributed by atoms with Crippen LogP contribution in [-0.2, 0) is 0 Å². The Bertz CT molecular complexity index is 787. The number of carboxylic acids is 1. The van der Waals surface area contributed by atoms with Crippen molar-refractivity contribution in [3.05, 3.63) is 41.1 Å². The zero-order valence-electron chi connectivity index (χ0n) is 10.1. The van der Waals surface area contributed by atoms with E-state index in [1.807, 2.05) is 19.9 Å². The number of H-pyrrole nitrogens is 1. The summed E-state index contributed by atoms with van der Waals surface area (Å²) in [4.78, 5) is 18.6. The standard InChI is InChI=1S/C14H12N2O2/c1-7-5-11-10-4-3-9(14(17)18)8(2)12(10)16-13(11)15-6-7/h3-6H,1-2H3,(H,15,16)(H,17,18). The summed E-state index contributed by atoms with van der Waals surface area (Å²) in [5.74, 6) is -0.905. The molecule has 0 aliphatic rings. The number of benzene rings is 1. The molecule has 0 unspecified atom stereocenters. The fraction of sp³-hybridized carbons (Fsp3) is 0.143. The molecule has 0 spiro atoms. The lowest BCUT2D eigenvalue weighted by Gasteiger charge is -2.01. The quantitative estimate of drug-likeness (QED) is 0.687. The predicted octanol–water partition coefficient (Wildman–Crippen LogP) is 3.03. The number of pyridine rings is 1. The summed E-state index contributed by atoms with van der Waals surface area (Å²) < 4.78 is 0. The van der Waals surface area contributed by atoms with Crippen molar-refractivity contribution in [1.29, 1.82) is 0 Å². The topological polar surface area (TPSA) is 66.0 Å². The van der Waals surface area contributed by atoms with Gasteiger partial charge in [0.2, 0.25) is 0 Å². The van der Waals surface area contributed by atoms with Crippen LogP contribution in [0.4, 0.5) is 0 Å². The van der Waals surface area contributed by atoms with Crippen LogP contribution < -0.4 is 0 Å². The third-order valence-electron chi connectivity index (χ3n) is 3.25. The average molecular weight is 240 g/mol. The minimum Gasteiger partial charge on any atom is -0.478 e. The van der Waals surface area contributed by atoms with Gasteiger partial charge in [-0.3, -0.25) is 0 Å². The van der Waals surface area contributed by atoms with Crippen LogP contribution in [0.1, 0.15) is 21.5 Å². The molecule has 0 bridgehead atoms. The monoisotopic (exact) mass is 240 g/mol. The van der Waals surface area contributed by atoms with Crippen molar-refractivity contribution >= 4 is 27.9 Å². The first kappa shape index (κ1) is 10.8. The maximum atomic E-state index is 11.1. The van der Waals surface area contributed by atoms with Crippen LogP contribution >= 0.6 is 0 Å². The first-order chi connectivity index (χ1) is 8.58. The first-order valence-corrected chi connectivity index (χ1v) is 5.69. The molecular weight excluding hydrogens is 228 g/mol. The summed E-state index contributed by atoms with van der Waals surface area (Å²) >= 11 is 0. The van der Waals surface area contributed by atoms with Crippen molar-refractivity contribution in [2.75, 3.05) is 0 Å². The summed E-state index contributed by atoms with van der Waals surface area (Å²) in [5, 5.41) is 11.2. The van der Waals surface area contributed by atoms with E-state index in [9.17, 15) is 4.79 Å². The van der Waals surface area contributed by atoms with Gasteiger partial charge >= 0.3 is 5.97 Å². The number of aromatic nitrogens is 2. The highest BCUT2D eigenvalue weighted by Crippen LogP contribution is 2.28. The molecule has 90 valence electrons. The lowest BCUT2D eigenvalue weighted by atomic mass is 10.0. The van der Waals surface area contributed by atoms with Gasteiger partial charge in [-0.1, -0.05) is 6.07 Å². The molecule has 3 aromatic rings. The molecule has 0 aliphatic heterocycles. The minimum atomic E-state index is -0.905. The van der Waals surface area contributed by atoms with Crippen molar-refractivity contribution in [1.82, 2.24) is 9.97 Å². The Balaban J connectivity index is 2.47. The summed E-state index contributed by atoms with van der Waals surface area (Å²) in [5.41, 5.74) is 3.80. The molecule has 0 aliphatic carbocycles. The summed E-state index contributed by atoms with van der Waals surface area (Å²) in [6.07, 6.45) is 1.80. The van der Waals surface area contributed by atoms with Crippen LogP contribution in [-0.4, -0.2) is 21.0 Å². The summed E-state index contributed by atoms with van der Waals surface area (Å²) in [7, 11) is 0. The van der Waals surface area contributed by atoms with E-state index >= 15 is 0 Å². The van der Waals surface area contributed by atoms with Crippen molar-refractivity contribution in [3.8, 4) is 0 Å². The van der Waals surface area contributed by atoms with Crippen molar-refractivity contribution < 1.29 is 9.90 Å². The van der Waals surface area contributed by atoms with Crippen LogP contribution in [0.5, 0.6) is 0 Å². The number of aromatic amines is 1. The molecule has 2 aromatic heterocycles. The Kier molecular flexibility index (Phi) is 2.13. The SMILES string of the molecule is Cc1cnc2[nH]c3c(C)c(C(=O)O)ccc3c2c1. The molecule has 2 N–H and O–H groups in total. The molecule has 0 amide bonds. The highest BCUT2D eigenvalue weighted by Gasteiger charge is 2.13. The van der Waals surface area contributed by atoms with Crippen LogP contribution in [0.15, 0.2) is 24.4 Å². The van der Waals surface area contributed by atoms with Gasteiger partial charge in [0.1, 0.15) is 5.65 Å². The van der Waals surface area contributed by atoms with E-state index in [1.165, 1.54) is 0 Å². The number of hydrogen-bond acceptors (Lipinski definition) is 2. The number of aromatic carboxylic acids is 1. The molecule has 3 rings (SSSR count). The largest absolute Gasteiger partial charge is 0.478 e. The molecule has 4 nitrogen and oxygen atoms in total. The molecule has 1 aromatic carbocycles. The number of carboxylic acid groups (broad SMARTS) is 1. The number of fused-ring (bicyclic) bond motifs is 3. The van der Waals surface area contributed by atoms with Gasteiger partial charge in [-0.25, -0.2) is 9.78 Å². The van der Waals surface area contributed by atoms with Crippen LogP contribution in [0.25, 0.3) is 21.9 Å². The molecule has 0 atom stereocenters. The zero-order chi connectivity index (χ0) is 12.9. The van der Waals surface area contributed by atoms with Crippen molar-refractivity contribution in [2.24, 2.45) is 0 Å². The van der Waals surface area contributed by atoms with E-state index in [0.29, 0.717) is 5.56 Å². The van der Waals surface area contributed by atoms with E-state index in [0.717, 1.165) is 33.1 Å². The number of hydrogen-bond donors (Lipinski definition) is 2. The van der Waals surface area contributed by atoms with E-state index in [2.05, 4.69) is 16.0 Å². The Morgan fingerprint density at radius 3 is 2.78 bits per heavy atom. The number of aryl methyl sites for hydroxylation is 2. The van der Waals surface area contributed by atoms with E-state index < -0.39 is 5.97 Å². The second-order valence-electron chi connectivity index (χ2n) is 4.50.